The van der Waals surface area contributed by atoms with Crippen LogP contribution in [-0.4, -0.2) is 36.3 Å². The van der Waals surface area contributed by atoms with E-state index >= 15 is 0 Å². The molecule has 0 spiro atoms. The van der Waals surface area contributed by atoms with Crippen LogP contribution >= 0.6 is 0 Å². The fourth-order valence-corrected chi connectivity index (χ4v) is 5.25. The number of nitrogens with one attached hydrogen (secondary N) is 1. The van der Waals surface area contributed by atoms with Crippen molar-refractivity contribution in [3.63, 3.8) is 0 Å². The summed E-state index contributed by atoms with van der Waals surface area (Å²) in [6, 6.07) is 25.4. The van der Waals surface area contributed by atoms with Gasteiger partial charge in [-0.3, -0.25) is 9.59 Å². The molecule has 6 heteroatoms. The number of piperidine rings is 1. The van der Waals surface area contributed by atoms with Crippen LogP contribution in [-0.2, 0) is 19.9 Å². The smallest absolute Gasteiger partial charge is 0.183 e. The van der Waals surface area contributed by atoms with E-state index in [1.165, 1.54) is 12.8 Å². The molecule has 0 unspecified atom stereocenters. The zero-order valence-corrected chi connectivity index (χ0v) is 23.5. The van der Waals surface area contributed by atoms with Gasteiger partial charge in [0, 0.05) is 56.1 Å². The quantitative estimate of drug-likeness (QED) is 0.225. The van der Waals surface area contributed by atoms with Gasteiger partial charge >= 0.3 is 0 Å². The number of aromatic nitrogens is 1. The summed E-state index contributed by atoms with van der Waals surface area (Å²) in [6.45, 7) is 4.33. The van der Waals surface area contributed by atoms with E-state index in [2.05, 4.69) is 17.1 Å². The molecule has 0 atom stereocenters. The van der Waals surface area contributed by atoms with Crippen molar-refractivity contribution in [1.82, 2.24) is 4.57 Å². The number of aryl methyl sites for hydroxylation is 1. The number of carbonyl (C=O) groups is 2. The van der Waals surface area contributed by atoms with Gasteiger partial charge in [-0.25, -0.2) is 0 Å². The lowest BCUT2D eigenvalue weighted by molar-refractivity contribution is 0.0980. The van der Waals surface area contributed by atoms with Crippen LogP contribution in [0, 0.1) is 5.92 Å². The van der Waals surface area contributed by atoms with Crippen LogP contribution in [0.1, 0.15) is 51.7 Å². The Morgan fingerprint density at radius 2 is 1.45 bits per heavy atom. The molecule has 1 aliphatic heterocycles. The van der Waals surface area contributed by atoms with Crippen molar-refractivity contribution in [2.24, 2.45) is 13.0 Å². The van der Waals surface area contributed by atoms with Crippen molar-refractivity contribution in [3.8, 4) is 5.75 Å². The van der Waals surface area contributed by atoms with Gasteiger partial charge in [0.1, 0.15) is 5.75 Å². The van der Waals surface area contributed by atoms with Crippen molar-refractivity contribution in [3.05, 3.63) is 107 Å². The molecule has 0 aliphatic carbocycles. The lowest BCUT2D eigenvalue weighted by Gasteiger charge is -2.33. The molecule has 0 bridgehead atoms. The summed E-state index contributed by atoms with van der Waals surface area (Å²) in [5.74, 6) is 1.69. The summed E-state index contributed by atoms with van der Waals surface area (Å²) in [6.07, 6.45) is 4.93. The van der Waals surface area contributed by atoms with Gasteiger partial charge in [0.2, 0.25) is 0 Å². The van der Waals surface area contributed by atoms with E-state index in [0.29, 0.717) is 24.1 Å². The van der Waals surface area contributed by atoms with Gasteiger partial charge in [-0.2, -0.15) is 0 Å². The highest BCUT2D eigenvalue weighted by Gasteiger charge is 2.20. The summed E-state index contributed by atoms with van der Waals surface area (Å²) in [5, 5.41) is 3.39. The fourth-order valence-electron chi connectivity index (χ4n) is 5.25. The summed E-state index contributed by atoms with van der Waals surface area (Å²) in [4.78, 5) is 28.0. The van der Waals surface area contributed by atoms with E-state index in [4.69, 9.17) is 4.74 Å². The highest BCUT2D eigenvalue weighted by molar-refractivity contribution is 5.98. The van der Waals surface area contributed by atoms with Crippen LogP contribution in [0.2, 0.25) is 0 Å². The maximum Gasteiger partial charge on any atom is 0.183 e. The molecule has 1 fully saturated rings. The van der Waals surface area contributed by atoms with Gasteiger partial charge in [-0.1, -0.05) is 31.2 Å². The molecule has 40 heavy (non-hydrogen) atoms. The second kappa shape index (κ2) is 12.2. The first-order valence-corrected chi connectivity index (χ1v) is 13.9. The van der Waals surface area contributed by atoms with Crippen LogP contribution in [0.3, 0.4) is 0 Å². The minimum atomic E-state index is 0.0679. The number of carbonyl (C=O) groups excluding carboxylic acids is 2. The predicted molar refractivity (Wildman–Crippen MR) is 161 cm³/mol. The van der Waals surface area contributed by atoms with Gasteiger partial charge < -0.3 is 19.5 Å². The molecule has 0 saturated carbocycles. The molecule has 1 aromatic heterocycles. The van der Waals surface area contributed by atoms with Crippen LogP contribution in [0.15, 0.2) is 85.1 Å². The second-order valence-corrected chi connectivity index (χ2v) is 10.8. The number of Topliss-reactive ketones (excluding diaryl/α,β-unsaturated/α-hetero) is 2. The van der Waals surface area contributed by atoms with Crippen molar-refractivity contribution >= 4 is 28.6 Å². The third kappa shape index (κ3) is 6.45. The number of benzene rings is 3. The van der Waals surface area contributed by atoms with Crippen molar-refractivity contribution in [1.29, 1.82) is 0 Å². The molecule has 1 aliphatic rings. The van der Waals surface area contributed by atoms with Crippen molar-refractivity contribution < 1.29 is 14.3 Å². The van der Waals surface area contributed by atoms with E-state index in [0.717, 1.165) is 52.9 Å². The first-order valence-electron chi connectivity index (χ1n) is 13.9. The van der Waals surface area contributed by atoms with E-state index in [-0.39, 0.29) is 11.6 Å². The van der Waals surface area contributed by atoms with Gasteiger partial charge in [0.25, 0.3) is 0 Å². The van der Waals surface area contributed by atoms with Crippen LogP contribution in [0.5, 0.6) is 5.75 Å². The van der Waals surface area contributed by atoms with Gasteiger partial charge in [-0.05, 0) is 84.5 Å². The molecule has 0 radical (unpaired) electrons. The van der Waals surface area contributed by atoms with E-state index in [1.54, 1.807) is 7.11 Å². The lowest BCUT2D eigenvalue weighted by atomic mass is 9.98. The zero-order valence-electron chi connectivity index (χ0n) is 23.5. The number of ether oxygens (including phenoxy) is 1. The number of rotatable bonds is 10. The first kappa shape index (κ1) is 27.3. The third-order valence-electron chi connectivity index (χ3n) is 7.78. The lowest BCUT2D eigenvalue weighted by Crippen LogP contribution is -2.33. The second-order valence-electron chi connectivity index (χ2n) is 10.8. The number of anilines is 3. The van der Waals surface area contributed by atoms with Crippen molar-refractivity contribution in [2.75, 3.05) is 30.4 Å². The maximum absolute atomic E-state index is 13.1. The van der Waals surface area contributed by atoms with Crippen LogP contribution in [0.4, 0.5) is 17.1 Å². The Labute approximate surface area is 236 Å². The number of hydrogen-bond acceptors (Lipinski definition) is 5. The number of hydrogen-bond donors (Lipinski definition) is 1. The molecular weight excluding hydrogens is 498 g/mol. The monoisotopic (exact) mass is 535 g/mol. The molecule has 5 rings (SSSR count). The molecule has 0 amide bonds. The Morgan fingerprint density at radius 3 is 2.00 bits per heavy atom. The molecule has 1 saturated heterocycles. The molecule has 6 nitrogen and oxygen atoms in total. The molecule has 2 heterocycles. The summed E-state index contributed by atoms with van der Waals surface area (Å²) < 4.78 is 7.51. The minimum Gasteiger partial charge on any atom is -0.495 e. The third-order valence-corrected chi connectivity index (χ3v) is 7.78. The van der Waals surface area contributed by atoms with Gasteiger partial charge in [0.15, 0.2) is 11.6 Å². The summed E-state index contributed by atoms with van der Waals surface area (Å²) in [7, 11) is 3.55. The van der Waals surface area contributed by atoms with Gasteiger partial charge in [-0.15, -0.1) is 0 Å². The largest absolute Gasteiger partial charge is 0.495 e. The normalized spacial score (nSPS) is 13.7. The molecule has 3 aromatic carbocycles. The van der Waals surface area contributed by atoms with Crippen molar-refractivity contribution in [2.45, 2.75) is 32.6 Å². The molecule has 4 aromatic rings. The van der Waals surface area contributed by atoms with Gasteiger partial charge in [0.05, 0.1) is 18.5 Å². The maximum atomic E-state index is 13.1. The molecule has 206 valence electrons. The Morgan fingerprint density at radius 1 is 0.850 bits per heavy atom. The minimum absolute atomic E-state index is 0.0679. The summed E-state index contributed by atoms with van der Waals surface area (Å²) >= 11 is 0. The highest BCUT2D eigenvalue weighted by atomic mass is 16.5. The highest BCUT2D eigenvalue weighted by Crippen LogP contribution is 2.33. The van der Waals surface area contributed by atoms with E-state index < -0.39 is 0 Å². The Bertz CT molecular complexity index is 1460. The number of nitrogens with zero attached hydrogens (tertiary/aromatic N) is 2. The Hall–Kier alpha value is -4.32. The summed E-state index contributed by atoms with van der Waals surface area (Å²) in [5.41, 5.74) is 6.25. The molecular formula is C34H37N3O3. The Kier molecular flexibility index (Phi) is 8.34. The van der Waals surface area contributed by atoms with Crippen LogP contribution in [0.25, 0.3) is 0 Å². The first-order chi connectivity index (χ1) is 19.4. The average Bonchev–Trinajstić information content (AvgIpc) is 3.41. The average molecular weight is 536 g/mol. The number of ketones is 2. The van der Waals surface area contributed by atoms with E-state index in [1.807, 2.05) is 96.7 Å². The fraction of sp³-hybridized carbons (Fsp3) is 0.294. The standard InChI is InChI=1S/C34H37N3O3/c1-24-16-19-37(20-17-24)31-15-10-27(23-34(31)40-3)32(38)21-25-6-11-28(12-7-25)35-29-13-8-26(9-14-29)22-33(39)30-5-4-18-36(30)2/h4-15,18,23-24,35H,16-17,19-22H2,1-3H3. The van der Waals surface area contributed by atoms with Crippen LogP contribution < -0.4 is 15.0 Å². The molecule has 1 N–H and O–H groups in total. The van der Waals surface area contributed by atoms with E-state index in [9.17, 15) is 9.59 Å². The Balaban J connectivity index is 1.17. The SMILES string of the molecule is COc1cc(C(=O)Cc2ccc(Nc3ccc(CC(=O)c4cccn4C)cc3)cc2)ccc1N1CCC(C)CC1. The zero-order chi connectivity index (χ0) is 28.1. The number of methoxy groups -OCH3 is 1. The topological polar surface area (TPSA) is 63.6 Å². The predicted octanol–water partition coefficient (Wildman–Crippen LogP) is 6.86.